The molecule has 3 heterocycles. The molecule has 1 aliphatic carbocycles. The lowest BCUT2D eigenvalue weighted by molar-refractivity contribution is -0.133. The van der Waals surface area contributed by atoms with Gasteiger partial charge < -0.3 is 19.9 Å². The summed E-state index contributed by atoms with van der Waals surface area (Å²) in [5.41, 5.74) is 2.08. The summed E-state index contributed by atoms with van der Waals surface area (Å²) in [5.74, 6) is 0.414. The van der Waals surface area contributed by atoms with Gasteiger partial charge in [0.05, 0.1) is 18.1 Å². The highest BCUT2D eigenvalue weighted by molar-refractivity contribution is 5.97. The van der Waals surface area contributed by atoms with Gasteiger partial charge in [0.25, 0.3) is 0 Å². The van der Waals surface area contributed by atoms with Gasteiger partial charge in [-0.3, -0.25) is 4.79 Å². The molecule has 25 heavy (non-hydrogen) atoms. The Hall–Kier alpha value is -1.85. The second-order valence-electron chi connectivity index (χ2n) is 7.99. The predicted molar refractivity (Wildman–Crippen MR) is 95.1 cm³/mol. The molecule has 1 aromatic carbocycles. The van der Waals surface area contributed by atoms with Gasteiger partial charge in [-0.2, -0.15) is 0 Å². The summed E-state index contributed by atoms with van der Waals surface area (Å²) in [6.07, 6.45) is 3.38. The van der Waals surface area contributed by atoms with E-state index < -0.39 is 5.41 Å². The zero-order valence-corrected chi connectivity index (χ0v) is 14.6. The number of benzene rings is 1. The standard InChI is InChI=1S/C20H23N2O3/c1-12-14-10-21(2)8-7-20-16-5-3-4-6-17(16)22(24)19(20)15(11-25-12)13(14)9-18(20)23/h3-6,10,12-13,15,19H,7-9,11H2,1-2H3/q-1/b14-10-/t12?,13-,15+,19-,20?/m0/s1. The van der Waals surface area contributed by atoms with Gasteiger partial charge in [0, 0.05) is 43.9 Å². The maximum Gasteiger partial charge on any atom is 0.146 e. The summed E-state index contributed by atoms with van der Waals surface area (Å²) in [5, 5.41) is 14.4. The Labute approximate surface area is 147 Å². The molecule has 5 heteroatoms. The highest BCUT2D eigenvalue weighted by Crippen LogP contribution is 2.57. The molecule has 0 spiro atoms. The highest BCUT2D eigenvalue weighted by atomic mass is 16.5. The molecule has 1 saturated carbocycles. The van der Waals surface area contributed by atoms with Crippen molar-refractivity contribution in [3.8, 4) is 0 Å². The Bertz CT molecular complexity index is 776. The summed E-state index contributed by atoms with van der Waals surface area (Å²) in [4.78, 5) is 15.7. The summed E-state index contributed by atoms with van der Waals surface area (Å²) < 4.78 is 6.05. The van der Waals surface area contributed by atoms with Gasteiger partial charge in [-0.1, -0.05) is 18.2 Å². The largest absolute Gasteiger partial charge is 0.758 e. The first-order valence-electron chi connectivity index (χ1n) is 9.16. The summed E-state index contributed by atoms with van der Waals surface area (Å²) in [6.45, 7) is 3.37. The molecule has 2 fully saturated rings. The second kappa shape index (κ2) is 5.08. The lowest BCUT2D eigenvalue weighted by atomic mass is 9.57. The van der Waals surface area contributed by atoms with Crippen LogP contribution in [0.2, 0.25) is 0 Å². The van der Waals surface area contributed by atoms with Crippen LogP contribution in [0.4, 0.5) is 5.69 Å². The average Bonchev–Trinajstić information content (AvgIpc) is 2.90. The number of fused-ring (bicyclic) bond motifs is 1. The minimum atomic E-state index is -0.693. The van der Waals surface area contributed by atoms with Crippen molar-refractivity contribution >= 4 is 11.5 Å². The Morgan fingerprint density at radius 1 is 1.32 bits per heavy atom. The van der Waals surface area contributed by atoms with Gasteiger partial charge in [0.1, 0.15) is 5.78 Å². The van der Waals surface area contributed by atoms with E-state index in [0.29, 0.717) is 25.1 Å². The number of para-hydroxylation sites is 1. The third-order valence-corrected chi connectivity index (χ3v) is 6.87. The third kappa shape index (κ3) is 1.83. The minimum Gasteiger partial charge on any atom is -0.758 e. The number of carbonyl (C=O) groups is 1. The van der Waals surface area contributed by atoms with Crippen LogP contribution in [-0.2, 0) is 14.9 Å². The van der Waals surface area contributed by atoms with Crippen LogP contribution in [0.15, 0.2) is 36.0 Å². The first-order valence-corrected chi connectivity index (χ1v) is 9.16. The van der Waals surface area contributed by atoms with Crippen LogP contribution >= 0.6 is 0 Å². The van der Waals surface area contributed by atoms with Crippen molar-refractivity contribution < 1.29 is 9.53 Å². The normalized spacial score (nSPS) is 41.4. The zero-order valence-electron chi connectivity index (χ0n) is 14.6. The maximum atomic E-state index is 13.5. The number of carbonyl (C=O) groups excluding carboxylic acids is 1. The van der Waals surface area contributed by atoms with Gasteiger partial charge in [0.15, 0.2) is 0 Å². The fourth-order valence-corrected chi connectivity index (χ4v) is 5.68. The summed E-state index contributed by atoms with van der Waals surface area (Å²) >= 11 is 0. The quantitative estimate of drug-likeness (QED) is 0.727. The average molecular weight is 339 g/mol. The van der Waals surface area contributed by atoms with Gasteiger partial charge >= 0.3 is 0 Å². The van der Waals surface area contributed by atoms with E-state index >= 15 is 0 Å². The van der Waals surface area contributed by atoms with E-state index in [1.807, 2.05) is 24.3 Å². The summed E-state index contributed by atoms with van der Waals surface area (Å²) in [7, 11) is 2.06. The molecule has 5 nitrogen and oxygen atoms in total. The van der Waals surface area contributed by atoms with Crippen molar-refractivity contribution in [3.63, 3.8) is 0 Å². The first-order chi connectivity index (χ1) is 12.0. The van der Waals surface area contributed by atoms with Crippen LogP contribution in [0.1, 0.15) is 25.3 Å². The summed E-state index contributed by atoms with van der Waals surface area (Å²) in [6, 6.07) is 7.33. The molecule has 3 aliphatic heterocycles. The number of anilines is 1. The van der Waals surface area contributed by atoms with Crippen LogP contribution in [0, 0.1) is 17.0 Å². The Morgan fingerprint density at radius 2 is 2.12 bits per heavy atom. The molecular formula is C20H23N2O3-. The lowest BCUT2D eigenvalue weighted by Gasteiger charge is -2.53. The molecule has 2 unspecified atom stereocenters. The molecule has 0 amide bonds. The number of Topliss-reactive ketones (excluding diaryl/α,β-unsaturated/α-hetero) is 1. The highest BCUT2D eigenvalue weighted by Gasteiger charge is 2.62. The molecule has 1 saturated heterocycles. The fourth-order valence-electron chi connectivity index (χ4n) is 5.68. The van der Waals surface area contributed by atoms with Crippen LogP contribution in [0.25, 0.3) is 0 Å². The number of hydrogen-bond donors (Lipinski definition) is 0. The van der Waals surface area contributed by atoms with Crippen molar-refractivity contribution in [2.24, 2.45) is 11.8 Å². The van der Waals surface area contributed by atoms with Crippen molar-refractivity contribution in [2.45, 2.75) is 37.3 Å². The topological polar surface area (TPSA) is 55.8 Å². The number of rotatable bonds is 0. The van der Waals surface area contributed by atoms with E-state index in [9.17, 15) is 10.0 Å². The van der Waals surface area contributed by atoms with Crippen LogP contribution < -0.4 is 5.06 Å². The molecule has 0 aromatic heterocycles. The fraction of sp³-hybridized carbons (Fsp3) is 0.550. The number of nitrogens with zero attached hydrogens (tertiary/aromatic N) is 2. The molecule has 132 valence electrons. The van der Waals surface area contributed by atoms with E-state index in [-0.39, 0.29) is 29.8 Å². The molecular weight excluding hydrogens is 316 g/mol. The Morgan fingerprint density at radius 3 is 2.96 bits per heavy atom. The molecule has 1 aromatic rings. The van der Waals surface area contributed by atoms with E-state index in [0.717, 1.165) is 17.2 Å². The van der Waals surface area contributed by atoms with Gasteiger partial charge in [-0.25, -0.2) is 0 Å². The smallest absolute Gasteiger partial charge is 0.146 e. The van der Waals surface area contributed by atoms with Crippen molar-refractivity contribution in [2.75, 3.05) is 25.3 Å². The SMILES string of the molecule is CC1OC[C@H]2[C@@H]3N([O-])c4ccccc4C34CCN(C)/C=C/1[C@@H]2CC4=O. The number of ether oxygens (including phenoxy) is 1. The zero-order chi connectivity index (χ0) is 17.3. The molecule has 5 rings (SSSR count). The van der Waals surface area contributed by atoms with E-state index in [2.05, 4.69) is 25.1 Å². The molecule has 0 N–H and O–H groups in total. The van der Waals surface area contributed by atoms with Crippen LogP contribution in [0.5, 0.6) is 0 Å². The van der Waals surface area contributed by atoms with E-state index in [1.54, 1.807) is 0 Å². The third-order valence-electron chi connectivity index (χ3n) is 6.87. The number of ketones is 1. The van der Waals surface area contributed by atoms with Gasteiger partial charge in [-0.05, 0) is 36.5 Å². The minimum absolute atomic E-state index is 0.00554. The monoisotopic (exact) mass is 339 g/mol. The molecule has 4 bridgehead atoms. The van der Waals surface area contributed by atoms with Crippen LogP contribution in [-0.4, -0.2) is 43.0 Å². The maximum absolute atomic E-state index is 13.5. The molecule has 0 radical (unpaired) electrons. The second-order valence-corrected chi connectivity index (χ2v) is 7.99. The number of hydrogen-bond acceptors (Lipinski definition) is 5. The van der Waals surface area contributed by atoms with E-state index in [1.165, 1.54) is 5.57 Å². The lowest BCUT2D eigenvalue weighted by Crippen LogP contribution is -2.61. The van der Waals surface area contributed by atoms with Gasteiger partial charge in [-0.15, -0.1) is 0 Å². The van der Waals surface area contributed by atoms with E-state index in [4.69, 9.17) is 4.74 Å². The molecule has 5 atom stereocenters. The molecule has 4 aliphatic rings. The van der Waals surface area contributed by atoms with Gasteiger partial charge in [0.2, 0.25) is 0 Å². The Kier molecular flexibility index (Phi) is 3.13. The van der Waals surface area contributed by atoms with Crippen LogP contribution in [0.3, 0.4) is 0 Å². The number of hydroxylamine groups is 1. The Balaban J connectivity index is 1.75. The van der Waals surface area contributed by atoms with Crippen molar-refractivity contribution in [1.29, 1.82) is 0 Å². The van der Waals surface area contributed by atoms with Crippen molar-refractivity contribution in [3.05, 3.63) is 46.8 Å². The first kappa shape index (κ1) is 15.4. The van der Waals surface area contributed by atoms with Crippen molar-refractivity contribution in [1.82, 2.24) is 4.90 Å². The predicted octanol–water partition coefficient (Wildman–Crippen LogP) is 2.45.